The minimum atomic E-state index is -0.804. The maximum absolute atomic E-state index is 12.4. The van der Waals surface area contributed by atoms with Gasteiger partial charge in [-0.15, -0.1) is 0 Å². The number of hydrogen-bond acceptors (Lipinski definition) is 2. The smallest absolute Gasteiger partial charge is 0.310 e. The zero-order chi connectivity index (χ0) is 14.6. The lowest BCUT2D eigenvalue weighted by molar-refractivity contribution is -0.159. The zero-order valence-corrected chi connectivity index (χ0v) is 12.6. The first-order valence-electron chi connectivity index (χ1n) is 7.28. The lowest BCUT2D eigenvalue weighted by Gasteiger charge is -2.39. The largest absolute Gasteiger partial charge is 0.481 e. The van der Waals surface area contributed by atoms with Crippen LogP contribution in [0.2, 0.25) is 0 Å². The van der Waals surface area contributed by atoms with Gasteiger partial charge in [-0.1, -0.05) is 34.1 Å². The molecular formula is C15H27NO3. The van der Waals surface area contributed by atoms with Gasteiger partial charge in [0.25, 0.3) is 0 Å². The number of rotatable bonds is 7. The maximum Gasteiger partial charge on any atom is 0.310 e. The molecule has 0 atom stereocenters. The second kappa shape index (κ2) is 6.40. The van der Waals surface area contributed by atoms with Crippen LogP contribution in [0.25, 0.3) is 0 Å². The molecule has 0 aromatic rings. The molecule has 1 amide bonds. The maximum atomic E-state index is 12.4. The number of carboxylic acid groups (broad SMARTS) is 1. The fourth-order valence-electron chi connectivity index (χ4n) is 2.63. The van der Waals surface area contributed by atoms with E-state index in [4.69, 9.17) is 0 Å². The Morgan fingerprint density at radius 3 is 1.84 bits per heavy atom. The van der Waals surface area contributed by atoms with E-state index < -0.39 is 11.4 Å². The van der Waals surface area contributed by atoms with Crippen LogP contribution in [0.5, 0.6) is 0 Å². The minimum absolute atomic E-state index is 0.00417. The Balaban J connectivity index is 2.68. The molecule has 1 fully saturated rings. The molecule has 0 spiro atoms. The van der Waals surface area contributed by atoms with Gasteiger partial charge in [0.05, 0.1) is 5.41 Å². The number of hydrogen-bond donors (Lipinski definition) is 1. The van der Waals surface area contributed by atoms with E-state index in [-0.39, 0.29) is 12.3 Å². The Morgan fingerprint density at radius 2 is 1.58 bits per heavy atom. The number of amides is 1. The Labute approximate surface area is 116 Å². The quantitative estimate of drug-likeness (QED) is 0.773. The molecular weight excluding hydrogens is 242 g/mol. The van der Waals surface area contributed by atoms with Crippen LogP contribution < -0.4 is 0 Å². The van der Waals surface area contributed by atoms with Crippen molar-refractivity contribution in [2.24, 2.45) is 17.3 Å². The predicted molar refractivity (Wildman–Crippen MR) is 74.8 cm³/mol. The Bertz CT molecular complexity index is 322. The number of carbonyl (C=O) groups excluding carboxylic acids is 1. The first-order valence-corrected chi connectivity index (χ1v) is 7.28. The molecule has 0 radical (unpaired) electrons. The summed E-state index contributed by atoms with van der Waals surface area (Å²) in [5.74, 6) is 0.0142. The molecule has 1 aliphatic rings. The van der Waals surface area contributed by atoms with E-state index in [2.05, 4.69) is 27.7 Å². The lowest BCUT2D eigenvalue weighted by atomic mass is 9.66. The van der Waals surface area contributed by atoms with Gasteiger partial charge in [0.1, 0.15) is 0 Å². The molecule has 0 aliphatic heterocycles. The highest BCUT2D eigenvalue weighted by Gasteiger charge is 2.46. The predicted octanol–water partition coefficient (Wildman–Crippen LogP) is 2.77. The summed E-state index contributed by atoms with van der Waals surface area (Å²) in [6.45, 7) is 9.75. The molecule has 0 unspecified atom stereocenters. The minimum Gasteiger partial charge on any atom is -0.481 e. The van der Waals surface area contributed by atoms with Crippen LogP contribution >= 0.6 is 0 Å². The van der Waals surface area contributed by atoms with E-state index in [1.54, 1.807) is 0 Å². The van der Waals surface area contributed by atoms with Crippen LogP contribution in [0.1, 0.15) is 53.4 Å². The number of carbonyl (C=O) groups is 2. The van der Waals surface area contributed by atoms with Crippen molar-refractivity contribution < 1.29 is 14.7 Å². The van der Waals surface area contributed by atoms with E-state index in [0.29, 0.717) is 37.8 Å². The molecule has 1 saturated carbocycles. The molecule has 0 aromatic carbocycles. The van der Waals surface area contributed by atoms with Gasteiger partial charge in [-0.3, -0.25) is 9.59 Å². The zero-order valence-electron chi connectivity index (χ0n) is 12.6. The highest BCUT2D eigenvalue weighted by molar-refractivity contribution is 5.85. The summed E-state index contributed by atoms with van der Waals surface area (Å²) in [6.07, 6.45) is 2.38. The van der Waals surface area contributed by atoms with Crippen LogP contribution in [0.4, 0.5) is 0 Å². The van der Waals surface area contributed by atoms with Gasteiger partial charge >= 0.3 is 5.97 Å². The van der Waals surface area contributed by atoms with E-state index in [0.717, 1.165) is 6.42 Å². The Kier molecular flexibility index (Phi) is 5.39. The van der Waals surface area contributed by atoms with Crippen LogP contribution in [0.3, 0.4) is 0 Å². The molecule has 1 N–H and O–H groups in total. The molecule has 19 heavy (non-hydrogen) atoms. The van der Waals surface area contributed by atoms with E-state index >= 15 is 0 Å². The first-order chi connectivity index (χ1) is 8.77. The van der Waals surface area contributed by atoms with Gasteiger partial charge in [0.15, 0.2) is 0 Å². The third-order valence-corrected chi connectivity index (χ3v) is 3.78. The standard InChI is InChI=1S/C15H27NO3/c1-11(2)9-16(10-12(3)4)13(17)8-15(14(18)19)6-5-7-15/h11-12H,5-10H2,1-4H3,(H,18,19). The summed E-state index contributed by atoms with van der Waals surface area (Å²) in [4.78, 5) is 25.6. The van der Waals surface area contributed by atoms with Gasteiger partial charge in [0, 0.05) is 19.5 Å². The molecule has 4 nitrogen and oxygen atoms in total. The molecule has 110 valence electrons. The Hall–Kier alpha value is -1.06. The van der Waals surface area contributed by atoms with Crippen LogP contribution in [0, 0.1) is 17.3 Å². The molecule has 0 saturated heterocycles. The van der Waals surface area contributed by atoms with Gasteiger partial charge in [-0.05, 0) is 24.7 Å². The van der Waals surface area contributed by atoms with E-state index in [9.17, 15) is 14.7 Å². The fraction of sp³-hybridized carbons (Fsp3) is 0.867. The summed E-state index contributed by atoms with van der Waals surface area (Å²) in [5.41, 5.74) is -0.775. The summed E-state index contributed by atoms with van der Waals surface area (Å²) in [5, 5.41) is 9.31. The van der Waals surface area contributed by atoms with Crippen molar-refractivity contribution in [3.05, 3.63) is 0 Å². The first kappa shape index (κ1) is 16.0. The van der Waals surface area contributed by atoms with Crippen molar-refractivity contribution in [1.29, 1.82) is 0 Å². The van der Waals surface area contributed by atoms with Crippen LogP contribution in [-0.2, 0) is 9.59 Å². The highest BCUT2D eigenvalue weighted by atomic mass is 16.4. The van der Waals surface area contributed by atoms with E-state index in [1.807, 2.05) is 4.90 Å². The van der Waals surface area contributed by atoms with E-state index in [1.165, 1.54) is 0 Å². The second-order valence-corrected chi connectivity index (χ2v) is 6.70. The monoisotopic (exact) mass is 269 g/mol. The van der Waals surface area contributed by atoms with Gasteiger partial charge in [0.2, 0.25) is 5.91 Å². The SMILES string of the molecule is CC(C)CN(CC(C)C)C(=O)CC1(C(=O)O)CCC1. The third kappa shape index (κ3) is 4.22. The average Bonchev–Trinajstić information content (AvgIpc) is 2.20. The lowest BCUT2D eigenvalue weighted by Crippen LogP contribution is -2.45. The molecule has 4 heteroatoms. The number of aliphatic carboxylic acids is 1. The number of carboxylic acids is 1. The summed E-state index contributed by atoms with van der Waals surface area (Å²) < 4.78 is 0. The molecule has 0 bridgehead atoms. The molecule has 1 rings (SSSR count). The van der Waals surface area contributed by atoms with Crippen molar-refractivity contribution in [3.63, 3.8) is 0 Å². The van der Waals surface area contributed by atoms with Crippen LogP contribution in [-0.4, -0.2) is 35.0 Å². The van der Waals surface area contributed by atoms with Crippen molar-refractivity contribution in [2.45, 2.75) is 53.4 Å². The van der Waals surface area contributed by atoms with Crippen LogP contribution in [0.15, 0.2) is 0 Å². The third-order valence-electron chi connectivity index (χ3n) is 3.78. The summed E-state index contributed by atoms with van der Waals surface area (Å²) in [6, 6.07) is 0. The topological polar surface area (TPSA) is 57.6 Å². The van der Waals surface area contributed by atoms with Crippen molar-refractivity contribution in [2.75, 3.05) is 13.1 Å². The average molecular weight is 269 g/mol. The molecule has 1 aliphatic carbocycles. The molecule has 0 heterocycles. The fourth-order valence-corrected chi connectivity index (χ4v) is 2.63. The molecule has 0 aromatic heterocycles. The normalized spacial score (nSPS) is 17.4. The Morgan fingerprint density at radius 1 is 1.11 bits per heavy atom. The van der Waals surface area contributed by atoms with Crippen molar-refractivity contribution >= 4 is 11.9 Å². The summed E-state index contributed by atoms with van der Waals surface area (Å²) >= 11 is 0. The van der Waals surface area contributed by atoms with Crippen molar-refractivity contribution in [1.82, 2.24) is 4.90 Å². The highest BCUT2D eigenvalue weighted by Crippen LogP contribution is 2.44. The summed E-state index contributed by atoms with van der Waals surface area (Å²) in [7, 11) is 0. The van der Waals surface area contributed by atoms with Gasteiger partial charge in [-0.25, -0.2) is 0 Å². The van der Waals surface area contributed by atoms with Gasteiger partial charge < -0.3 is 10.0 Å². The number of nitrogens with zero attached hydrogens (tertiary/aromatic N) is 1. The second-order valence-electron chi connectivity index (χ2n) is 6.70. The van der Waals surface area contributed by atoms with Crippen molar-refractivity contribution in [3.8, 4) is 0 Å². The van der Waals surface area contributed by atoms with Gasteiger partial charge in [-0.2, -0.15) is 0 Å².